The summed E-state index contributed by atoms with van der Waals surface area (Å²) in [5.74, 6) is -1.11. The van der Waals surface area contributed by atoms with Gasteiger partial charge in [0.25, 0.3) is 0 Å². The smallest absolute Gasteiger partial charge is 0.478 e. The van der Waals surface area contributed by atoms with Crippen molar-refractivity contribution in [1.82, 2.24) is 4.57 Å². The molecule has 0 unspecified atom stereocenters. The molecule has 1 aromatic carbocycles. The van der Waals surface area contributed by atoms with Gasteiger partial charge < -0.3 is 19.9 Å². The zero-order valence-electron chi connectivity index (χ0n) is 12.4. The molecule has 0 radical (unpaired) electrons. The third-order valence-corrected chi connectivity index (χ3v) is 2.92. The van der Waals surface area contributed by atoms with Crippen molar-refractivity contribution in [2.24, 2.45) is 0 Å². The van der Waals surface area contributed by atoms with Gasteiger partial charge >= 0.3 is 19.2 Å². The number of carboxylic acid groups (broad SMARTS) is 1. The minimum absolute atomic E-state index is 0.0350. The average Bonchev–Trinajstić information content (AvgIpc) is 2.74. The van der Waals surface area contributed by atoms with Gasteiger partial charge in [-0.15, -0.1) is 0 Å². The third-order valence-electron chi connectivity index (χ3n) is 2.92. The van der Waals surface area contributed by atoms with Gasteiger partial charge in [-0.2, -0.15) is 0 Å². The fourth-order valence-corrected chi connectivity index (χ4v) is 2.07. The van der Waals surface area contributed by atoms with Gasteiger partial charge in [0.15, 0.2) is 0 Å². The molecule has 3 N–H and O–H groups in total. The molecule has 116 valence electrons. The first-order valence-corrected chi connectivity index (χ1v) is 6.58. The lowest BCUT2D eigenvalue weighted by molar-refractivity contribution is 0.0547. The van der Waals surface area contributed by atoms with E-state index >= 15 is 0 Å². The fraction of sp³-hybridized carbons (Fsp3) is 0.286. The van der Waals surface area contributed by atoms with Crippen molar-refractivity contribution in [2.45, 2.75) is 26.4 Å². The summed E-state index contributed by atoms with van der Waals surface area (Å²) in [6, 6.07) is 5.45. The molecular formula is C14H16BNO6. The molecule has 0 amide bonds. The Morgan fingerprint density at radius 3 is 2.32 bits per heavy atom. The van der Waals surface area contributed by atoms with Crippen molar-refractivity contribution in [3.63, 3.8) is 0 Å². The Balaban J connectivity index is 2.62. The number of benzene rings is 1. The Morgan fingerprint density at radius 1 is 1.18 bits per heavy atom. The summed E-state index contributed by atoms with van der Waals surface area (Å²) < 4.78 is 6.27. The fourth-order valence-electron chi connectivity index (χ4n) is 2.07. The predicted molar refractivity (Wildman–Crippen MR) is 80.4 cm³/mol. The van der Waals surface area contributed by atoms with Crippen LogP contribution in [-0.4, -0.2) is 44.5 Å². The van der Waals surface area contributed by atoms with Crippen molar-refractivity contribution in [3.8, 4) is 0 Å². The van der Waals surface area contributed by atoms with Crippen LogP contribution >= 0.6 is 0 Å². The van der Waals surface area contributed by atoms with Gasteiger partial charge in [-0.1, -0.05) is 0 Å². The summed E-state index contributed by atoms with van der Waals surface area (Å²) in [4.78, 5) is 23.3. The zero-order valence-corrected chi connectivity index (χ0v) is 12.4. The number of nitrogens with zero attached hydrogens (tertiary/aromatic N) is 1. The molecule has 2 aromatic rings. The molecule has 0 saturated heterocycles. The standard InChI is InChI=1S/C14H16BNO6/c1-14(2,3)22-13(19)16-10-5-4-8(12(17)18)6-9(10)7-11(16)15(20)21/h4-7,20-21H,1-3H3,(H,17,18). The summed E-state index contributed by atoms with van der Waals surface area (Å²) in [5.41, 5.74) is -0.478. The van der Waals surface area contributed by atoms with E-state index < -0.39 is 24.8 Å². The van der Waals surface area contributed by atoms with Crippen molar-refractivity contribution < 1.29 is 29.5 Å². The number of carbonyl (C=O) groups is 2. The second-order valence-corrected chi connectivity index (χ2v) is 5.84. The Bertz CT molecular complexity index is 744. The molecule has 0 aliphatic carbocycles. The van der Waals surface area contributed by atoms with Crippen molar-refractivity contribution in [1.29, 1.82) is 0 Å². The molecule has 0 aliphatic heterocycles. The van der Waals surface area contributed by atoms with Gasteiger partial charge in [0, 0.05) is 5.39 Å². The number of ether oxygens (including phenoxy) is 1. The molecule has 0 atom stereocenters. The molecule has 2 rings (SSSR count). The largest absolute Gasteiger partial charge is 0.506 e. The van der Waals surface area contributed by atoms with E-state index in [4.69, 9.17) is 9.84 Å². The molecule has 0 saturated carbocycles. The van der Waals surface area contributed by atoms with E-state index in [0.717, 1.165) is 4.57 Å². The Morgan fingerprint density at radius 2 is 1.82 bits per heavy atom. The maximum absolute atomic E-state index is 12.3. The molecule has 0 fully saturated rings. The van der Waals surface area contributed by atoms with E-state index in [2.05, 4.69) is 0 Å². The molecule has 0 bridgehead atoms. The number of carboxylic acids is 1. The van der Waals surface area contributed by atoms with Gasteiger partial charge in [-0.3, -0.25) is 4.57 Å². The van der Waals surface area contributed by atoms with Gasteiger partial charge in [0.2, 0.25) is 0 Å². The predicted octanol–water partition coefficient (Wildman–Crippen LogP) is 0.802. The lowest BCUT2D eigenvalue weighted by Gasteiger charge is -2.21. The molecule has 1 heterocycles. The number of fused-ring (bicyclic) bond motifs is 1. The highest BCUT2D eigenvalue weighted by Crippen LogP contribution is 2.19. The summed E-state index contributed by atoms with van der Waals surface area (Å²) in [5, 5.41) is 28.3. The van der Waals surface area contributed by atoms with E-state index in [0.29, 0.717) is 10.9 Å². The third kappa shape index (κ3) is 3.13. The Hall–Kier alpha value is -2.32. The number of carbonyl (C=O) groups excluding carboxylic acids is 1. The first kappa shape index (κ1) is 16.1. The van der Waals surface area contributed by atoms with Crippen LogP contribution in [0.1, 0.15) is 31.1 Å². The summed E-state index contributed by atoms with van der Waals surface area (Å²) in [6.45, 7) is 5.07. The van der Waals surface area contributed by atoms with Gasteiger partial charge in [0.05, 0.1) is 16.7 Å². The normalized spacial score (nSPS) is 11.5. The maximum Gasteiger partial charge on any atom is 0.506 e. The van der Waals surface area contributed by atoms with Gasteiger partial charge in [0.1, 0.15) is 5.60 Å². The van der Waals surface area contributed by atoms with E-state index in [1.807, 2.05) is 0 Å². The summed E-state index contributed by atoms with van der Waals surface area (Å²) in [6.07, 6.45) is -0.770. The van der Waals surface area contributed by atoms with E-state index in [1.165, 1.54) is 24.3 Å². The van der Waals surface area contributed by atoms with E-state index in [1.54, 1.807) is 20.8 Å². The molecular weight excluding hydrogens is 289 g/mol. The topological polar surface area (TPSA) is 109 Å². The van der Waals surface area contributed by atoms with Crippen LogP contribution in [-0.2, 0) is 4.74 Å². The number of rotatable bonds is 2. The number of aromatic carboxylic acids is 1. The average molecular weight is 305 g/mol. The molecule has 1 aromatic heterocycles. The van der Waals surface area contributed by atoms with Crippen molar-refractivity contribution in [3.05, 3.63) is 29.8 Å². The lowest BCUT2D eigenvalue weighted by atomic mass is 9.86. The van der Waals surface area contributed by atoms with Gasteiger partial charge in [-0.25, -0.2) is 9.59 Å². The summed E-state index contributed by atoms with van der Waals surface area (Å²) >= 11 is 0. The van der Waals surface area contributed by atoms with Crippen LogP contribution in [0.25, 0.3) is 10.9 Å². The minimum Gasteiger partial charge on any atom is -0.478 e. The number of aromatic nitrogens is 1. The lowest BCUT2D eigenvalue weighted by Crippen LogP contribution is -2.40. The molecule has 7 nitrogen and oxygen atoms in total. The Labute approximate surface area is 126 Å². The first-order valence-electron chi connectivity index (χ1n) is 6.58. The van der Waals surface area contributed by atoms with Crippen molar-refractivity contribution >= 4 is 35.7 Å². The first-order chi connectivity index (χ1) is 10.1. The number of hydrogen-bond acceptors (Lipinski definition) is 5. The van der Waals surface area contributed by atoms with E-state index in [-0.39, 0.29) is 11.2 Å². The quantitative estimate of drug-likeness (QED) is 0.708. The van der Waals surface area contributed by atoms with Crippen LogP contribution in [0.5, 0.6) is 0 Å². The maximum atomic E-state index is 12.3. The SMILES string of the molecule is CC(C)(C)OC(=O)n1c(B(O)O)cc2cc(C(=O)O)ccc21. The van der Waals surface area contributed by atoms with Crippen LogP contribution in [0.3, 0.4) is 0 Å². The Kier molecular flexibility index (Phi) is 3.99. The molecule has 0 aliphatic rings. The highest BCUT2D eigenvalue weighted by atomic mass is 16.6. The molecule has 22 heavy (non-hydrogen) atoms. The van der Waals surface area contributed by atoms with E-state index in [9.17, 15) is 19.6 Å². The minimum atomic E-state index is -1.90. The van der Waals surface area contributed by atoms with Crippen LogP contribution in [0.4, 0.5) is 4.79 Å². The number of hydrogen-bond donors (Lipinski definition) is 3. The molecule has 0 spiro atoms. The van der Waals surface area contributed by atoms with Crippen LogP contribution in [0.15, 0.2) is 24.3 Å². The van der Waals surface area contributed by atoms with Gasteiger partial charge in [-0.05, 0) is 45.0 Å². The zero-order chi connectivity index (χ0) is 16.7. The summed E-state index contributed by atoms with van der Waals surface area (Å²) in [7, 11) is -1.90. The van der Waals surface area contributed by atoms with Crippen LogP contribution in [0.2, 0.25) is 0 Å². The van der Waals surface area contributed by atoms with Crippen LogP contribution < -0.4 is 5.59 Å². The highest BCUT2D eigenvalue weighted by molar-refractivity contribution is 6.59. The monoisotopic (exact) mass is 305 g/mol. The van der Waals surface area contributed by atoms with Crippen LogP contribution in [0, 0.1) is 0 Å². The molecule has 8 heteroatoms. The second kappa shape index (κ2) is 5.47. The highest BCUT2D eigenvalue weighted by Gasteiger charge is 2.27. The van der Waals surface area contributed by atoms with Crippen molar-refractivity contribution in [2.75, 3.05) is 0 Å². The second-order valence-electron chi connectivity index (χ2n) is 5.84.